The van der Waals surface area contributed by atoms with E-state index in [0.717, 1.165) is 19.6 Å². The molecule has 1 aromatic carbocycles. The minimum Gasteiger partial charge on any atom is -0.383 e. The molecule has 0 amide bonds. The number of anilines is 2. The Morgan fingerprint density at radius 3 is 2.94 bits per heavy atom. The van der Waals surface area contributed by atoms with Crippen LogP contribution in [0.3, 0.4) is 0 Å². The van der Waals surface area contributed by atoms with Crippen molar-refractivity contribution in [2.24, 2.45) is 0 Å². The molecule has 2 N–H and O–H groups in total. The van der Waals surface area contributed by atoms with Crippen LogP contribution in [0.25, 0.3) is 0 Å². The predicted molar refractivity (Wildman–Crippen MR) is 74.9 cm³/mol. The van der Waals surface area contributed by atoms with Crippen molar-refractivity contribution in [1.29, 1.82) is 0 Å². The number of benzene rings is 1. The first-order valence-corrected chi connectivity index (χ1v) is 6.50. The van der Waals surface area contributed by atoms with E-state index in [2.05, 4.69) is 60.6 Å². The summed E-state index contributed by atoms with van der Waals surface area (Å²) in [6, 6.07) is 9.77. The highest BCUT2D eigenvalue weighted by Gasteiger charge is 2.15. The minimum absolute atomic E-state index is 0.479. The van der Waals surface area contributed by atoms with Crippen molar-refractivity contribution >= 4 is 11.4 Å². The Kier molecular flexibility index (Phi) is 3.89. The van der Waals surface area contributed by atoms with Gasteiger partial charge in [-0.15, -0.1) is 0 Å². The molecule has 1 fully saturated rings. The Balaban J connectivity index is 2.09. The van der Waals surface area contributed by atoms with Gasteiger partial charge in [0.2, 0.25) is 0 Å². The normalized spacial score (nSPS) is 20.7. The van der Waals surface area contributed by atoms with Gasteiger partial charge in [-0.25, -0.2) is 0 Å². The molecule has 3 nitrogen and oxygen atoms in total. The van der Waals surface area contributed by atoms with E-state index in [1.54, 1.807) is 0 Å². The van der Waals surface area contributed by atoms with Gasteiger partial charge in [-0.05, 0) is 39.0 Å². The van der Waals surface area contributed by atoms with Crippen molar-refractivity contribution < 1.29 is 0 Å². The SMILES string of the molecule is CC(C)Nc1cccc(N2CCN[C@H](C)C2)c1. The van der Waals surface area contributed by atoms with Gasteiger partial charge in [0, 0.05) is 43.1 Å². The van der Waals surface area contributed by atoms with Gasteiger partial charge in [-0.2, -0.15) is 0 Å². The summed E-state index contributed by atoms with van der Waals surface area (Å²) < 4.78 is 0. The smallest absolute Gasteiger partial charge is 0.0387 e. The van der Waals surface area contributed by atoms with E-state index >= 15 is 0 Å². The van der Waals surface area contributed by atoms with Gasteiger partial charge < -0.3 is 15.5 Å². The third-order valence-electron chi connectivity index (χ3n) is 3.04. The maximum atomic E-state index is 3.47. The summed E-state index contributed by atoms with van der Waals surface area (Å²) in [5.41, 5.74) is 2.53. The zero-order valence-corrected chi connectivity index (χ0v) is 11.0. The molecule has 2 rings (SSSR count). The quantitative estimate of drug-likeness (QED) is 0.839. The Bertz CT molecular complexity index is 362. The summed E-state index contributed by atoms with van der Waals surface area (Å²) in [6.45, 7) is 9.82. The molecular weight excluding hydrogens is 210 g/mol. The molecule has 1 aliphatic rings. The van der Waals surface area contributed by atoms with Crippen molar-refractivity contribution in [2.75, 3.05) is 29.9 Å². The fourth-order valence-corrected chi connectivity index (χ4v) is 2.29. The summed E-state index contributed by atoms with van der Waals surface area (Å²) in [5.74, 6) is 0. The number of nitrogens with one attached hydrogen (secondary N) is 2. The highest BCUT2D eigenvalue weighted by Crippen LogP contribution is 2.21. The second-order valence-corrected chi connectivity index (χ2v) is 5.15. The number of nitrogens with zero attached hydrogens (tertiary/aromatic N) is 1. The van der Waals surface area contributed by atoms with Gasteiger partial charge in [0.25, 0.3) is 0 Å². The average Bonchev–Trinajstić information content (AvgIpc) is 2.28. The first-order chi connectivity index (χ1) is 8.15. The molecule has 1 aliphatic heterocycles. The summed E-state index contributed by atoms with van der Waals surface area (Å²) in [6.07, 6.45) is 0. The summed E-state index contributed by atoms with van der Waals surface area (Å²) >= 11 is 0. The van der Waals surface area contributed by atoms with Crippen LogP contribution in [0.1, 0.15) is 20.8 Å². The molecule has 1 atom stereocenters. The van der Waals surface area contributed by atoms with Crippen LogP contribution in [0.2, 0.25) is 0 Å². The molecule has 0 bridgehead atoms. The van der Waals surface area contributed by atoms with Crippen LogP contribution in [0.15, 0.2) is 24.3 Å². The summed E-state index contributed by atoms with van der Waals surface area (Å²) in [4.78, 5) is 2.45. The lowest BCUT2D eigenvalue weighted by Crippen LogP contribution is -2.49. The van der Waals surface area contributed by atoms with E-state index in [9.17, 15) is 0 Å². The van der Waals surface area contributed by atoms with E-state index in [0.29, 0.717) is 12.1 Å². The lowest BCUT2D eigenvalue weighted by molar-refractivity contribution is 0.485. The third-order valence-corrected chi connectivity index (χ3v) is 3.04. The van der Waals surface area contributed by atoms with Crippen LogP contribution >= 0.6 is 0 Å². The summed E-state index contributed by atoms with van der Waals surface area (Å²) in [7, 11) is 0. The maximum absolute atomic E-state index is 3.47. The van der Waals surface area contributed by atoms with Crippen molar-refractivity contribution in [3.63, 3.8) is 0 Å². The molecule has 94 valence electrons. The van der Waals surface area contributed by atoms with Crippen LogP contribution in [-0.4, -0.2) is 31.7 Å². The standard InChI is InChI=1S/C14H23N3/c1-11(2)16-13-5-4-6-14(9-13)17-8-7-15-12(3)10-17/h4-6,9,11-12,15-16H,7-8,10H2,1-3H3/t12-/m1/s1. The van der Waals surface area contributed by atoms with Gasteiger partial charge in [0.1, 0.15) is 0 Å². The topological polar surface area (TPSA) is 27.3 Å². The molecule has 1 saturated heterocycles. The van der Waals surface area contributed by atoms with Gasteiger partial charge in [0.05, 0.1) is 0 Å². The molecule has 1 aromatic rings. The van der Waals surface area contributed by atoms with Crippen molar-refractivity contribution in [2.45, 2.75) is 32.9 Å². The Hall–Kier alpha value is -1.22. The van der Waals surface area contributed by atoms with E-state index < -0.39 is 0 Å². The first kappa shape index (κ1) is 12.2. The lowest BCUT2D eigenvalue weighted by Gasteiger charge is -2.34. The fourth-order valence-electron chi connectivity index (χ4n) is 2.29. The fraction of sp³-hybridized carbons (Fsp3) is 0.571. The molecule has 0 saturated carbocycles. The predicted octanol–water partition coefficient (Wildman–Crippen LogP) is 2.30. The summed E-state index contributed by atoms with van der Waals surface area (Å²) in [5, 5.41) is 6.92. The van der Waals surface area contributed by atoms with E-state index in [4.69, 9.17) is 0 Å². The molecule has 3 heteroatoms. The molecular formula is C14H23N3. The Morgan fingerprint density at radius 2 is 2.24 bits per heavy atom. The van der Waals surface area contributed by atoms with Crippen LogP contribution < -0.4 is 15.5 Å². The zero-order valence-electron chi connectivity index (χ0n) is 11.0. The second kappa shape index (κ2) is 5.41. The third kappa shape index (κ3) is 3.37. The number of piperazine rings is 1. The highest BCUT2D eigenvalue weighted by molar-refractivity contribution is 5.58. The number of hydrogen-bond donors (Lipinski definition) is 2. The largest absolute Gasteiger partial charge is 0.383 e. The minimum atomic E-state index is 0.479. The van der Waals surface area contributed by atoms with Gasteiger partial charge in [-0.1, -0.05) is 6.07 Å². The van der Waals surface area contributed by atoms with Crippen molar-refractivity contribution in [3.8, 4) is 0 Å². The number of hydrogen-bond acceptors (Lipinski definition) is 3. The Labute approximate surface area is 104 Å². The van der Waals surface area contributed by atoms with Gasteiger partial charge >= 0.3 is 0 Å². The zero-order chi connectivity index (χ0) is 12.3. The highest BCUT2D eigenvalue weighted by atomic mass is 15.2. The van der Waals surface area contributed by atoms with Gasteiger partial charge in [0.15, 0.2) is 0 Å². The monoisotopic (exact) mass is 233 g/mol. The lowest BCUT2D eigenvalue weighted by atomic mass is 10.2. The van der Waals surface area contributed by atoms with Crippen LogP contribution in [0, 0.1) is 0 Å². The van der Waals surface area contributed by atoms with Crippen LogP contribution in [0.5, 0.6) is 0 Å². The molecule has 17 heavy (non-hydrogen) atoms. The first-order valence-electron chi connectivity index (χ1n) is 6.50. The Morgan fingerprint density at radius 1 is 1.41 bits per heavy atom. The van der Waals surface area contributed by atoms with Crippen molar-refractivity contribution in [1.82, 2.24) is 5.32 Å². The van der Waals surface area contributed by atoms with Crippen LogP contribution in [-0.2, 0) is 0 Å². The molecule has 0 aliphatic carbocycles. The molecule has 0 aromatic heterocycles. The maximum Gasteiger partial charge on any atom is 0.0387 e. The second-order valence-electron chi connectivity index (χ2n) is 5.15. The molecule has 0 spiro atoms. The van der Waals surface area contributed by atoms with Crippen LogP contribution in [0.4, 0.5) is 11.4 Å². The van der Waals surface area contributed by atoms with Gasteiger partial charge in [-0.3, -0.25) is 0 Å². The van der Waals surface area contributed by atoms with E-state index in [1.807, 2.05) is 0 Å². The average molecular weight is 233 g/mol. The molecule has 0 unspecified atom stereocenters. The molecule has 1 heterocycles. The molecule has 0 radical (unpaired) electrons. The van der Waals surface area contributed by atoms with E-state index in [1.165, 1.54) is 11.4 Å². The van der Waals surface area contributed by atoms with Crippen molar-refractivity contribution in [3.05, 3.63) is 24.3 Å². The van der Waals surface area contributed by atoms with E-state index in [-0.39, 0.29) is 0 Å². The number of rotatable bonds is 3.